The molecule has 0 spiro atoms. The van der Waals surface area contributed by atoms with Gasteiger partial charge in [-0.2, -0.15) is 13.2 Å². The van der Waals surface area contributed by atoms with Gasteiger partial charge >= 0.3 is 6.18 Å². The molecule has 7 nitrogen and oxygen atoms in total. The van der Waals surface area contributed by atoms with E-state index >= 15 is 0 Å². The summed E-state index contributed by atoms with van der Waals surface area (Å²) in [5.41, 5.74) is -1.59. The van der Waals surface area contributed by atoms with Crippen LogP contribution in [0.25, 0.3) is 22.2 Å². The van der Waals surface area contributed by atoms with Gasteiger partial charge in [0.15, 0.2) is 9.84 Å². The molecule has 38 heavy (non-hydrogen) atoms. The summed E-state index contributed by atoms with van der Waals surface area (Å²) in [7, 11) is -7.13. The molecule has 3 aromatic carbocycles. The zero-order valence-electron chi connectivity index (χ0n) is 19.7. The van der Waals surface area contributed by atoms with Gasteiger partial charge in [0.1, 0.15) is 33.5 Å². The van der Waals surface area contributed by atoms with Crippen LogP contribution in [0.4, 0.5) is 17.6 Å². The Labute approximate surface area is 216 Å². The molecule has 200 valence electrons. The fraction of sp³-hybridized carbons (Fsp3) is 0.200. The molecule has 0 aliphatic heterocycles. The molecule has 0 atom stereocenters. The van der Waals surface area contributed by atoms with E-state index in [9.17, 15) is 34.4 Å². The van der Waals surface area contributed by atoms with Crippen LogP contribution in [0.5, 0.6) is 11.5 Å². The Morgan fingerprint density at radius 3 is 2.29 bits per heavy atom. The molecular formula is C25H20F4N2O5S2. The maximum absolute atomic E-state index is 14.8. The van der Waals surface area contributed by atoms with Crippen molar-refractivity contribution in [2.45, 2.75) is 17.5 Å². The van der Waals surface area contributed by atoms with Gasteiger partial charge in [-0.3, -0.25) is 0 Å². The number of fused-ring (bicyclic) bond motifs is 1. The number of benzene rings is 3. The Balaban J connectivity index is 1.66. The van der Waals surface area contributed by atoms with E-state index in [4.69, 9.17) is 4.74 Å². The second-order valence-corrected chi connectivity index (χ2v) is 12.8. The quantitative estimate of drug-likeness (QED) is 0.260. The minimum Gasteiger partial charge on any atom is -0.457 e. The summed E-state index contributed by atoms with van der Waals surface area (Å²) < 4.78 is 109. The third-order valence-corrected chi connectivity index (χ3v) is 8.32. The number of nitrogens with zero attached hydrogens (tertiary/aromatic N) is 2. The molecule has 0 radical (unpaired) electrons. The van der Waals surface area contributed by atoms with Crippen molar-refractivity contribution in [1.29, 1.82) is 0 Å². The summed E-state index contributed by atoms with van der Waals surface area (Å²) in [4.78, 5) is 7.66. The molecule has 0 saturated heterocycles. The van der Waals surface area contributed by atoms with Crippen LogP contribution in [-0.4, -0.2) is 44.6 Å². The molecule has 4 aromatic rings. The maximum atomic E-state index is 14.8. The summed E-state index contributed by atoms with van der Waals surface area (Å²) in [5, 5.41) is -0.0134. The minimum absolute atomic E-state index is 0.0134. The van der Waals surface area contributed by atoms with E-state index in [-0.39, 0.29) is 56.5 Å². The van der Waals surface area contributed by atoms with Crippen LogP contribution in [-0.2, 0) is 25.9 Å². The third kappa shape index (κ3) is 6.27. The Hall–Kier alpha value is -3.58. The monoisotopic (exact) mass is 568 g/mol. The highest BCUT2D eigenvalue weighted by Crippen LogP contribution is 2.37. The lowest BCUT2D eigenvalue weighted by Gasteiger charge is -2.13. The number of alkyl halides is 3. The smallest absolute Gasteiger partial charge is 0.418 e. The van der Waals surface area contributed by atoms with Gasteiger partial charge in [-0.1, -0.05) is 18.2 Å². The van der Waals surface area contributed by atoms with Crippen molar-refractivity contribution in [3.8, 4) is 22.8 Å². The molecule has 0 bridgehead atoms. The van der Waals surface area contributed by atoms with E-state index in [0.717, 1.165) is 24.7 Å². The molecule has 0 aliphatic carbocycles. The third-order valence-electron chi connectivity index (χ3n) is 5.49. The number of hydrogen-bond donors (Lipinski definition) is 0. The number of halogens is 4. The van der Waals surface area contributed by atoms with Crippen molar-refractivity contribution in [2.75, 3.05) is 17.8 Å². The zero-order valence-corrected chi connectivity index (χ0v) is 21.4. The van der Waals surface area contributed by atoms with Crippen molar-refractivity contribution >= 4 is 30.6 Å². The Morgan fingerprint density at radius 2 is 1.58 bits per heavy atom. The Bertz CT molecular complexity index is 1720. The molecule has 0 fully saturated rings. The highest BCUT2D eigenvalue weighted by Gasteiger charge is 2.33. The van der Waals surface area contributed by atoms with E-state index in [1.165, 1.54) is 48.5 Å². The van der Waals surface area contributed by atoms with Crippen LogP contribution in [0.2, 0.25) is 0 Å². The SMILES string of the molecule is CS(=O)(=O)CCCS(=O)(=O)c1cccc(Oc2ccc(F)c(-c3ncnc4c(C(F)(F)F)cccc34)c2)c1. The summed E-state index contributed by atoms with van der Waals surface area (Å²) in [6.07, 6.45) is -2.82. The van der Waals surface area contributed by atoms with Crippen LogP contribution in [0.1, 0.15) is 12.0 Å². The molecule has 0 N–H and O–H groups in total. The largest absolute Gasteiger partial charge is 0.457 e. The first kappa shape index (κ1) is 27.5. The minimum atomic E-state index is -4.68. The highest BCUT2D eigenvalue weighted by atomic mass is 32.2. The molecule has 0 saturated carbocycles. The summed E-state index contributed by atoms with van der Waals surface area (Å²) in [6, 6.07) is 12.5. The average molecular weight is 569 g/mol. The lowest BCUT2D eigenvalue weighted by atomic mass is 10.0. The van der Waals surface area contributed by atoms with Crippen LogP contribution in [0.3, 0.4) is 0 Å². The van der Waals surface area contributed by atoms with Crippen molar-refractivity contribution in [1.82, 2.24) is 9.97 Å². The predicted octanol–water partition coefficient (Wildman–Crippen LogP) is 5.46. The molecule has 1 aromatic heterocycles. The standard InChI is InChI=1S/C25H20F4N2O5S2/c1-37(32,33)11-4-12-38(34,35)18-6-2-5-16(13-18)36-17-9-10-22(26)20(14-17)23-19-7-3-8-21(25(27,28)29)24(19)31-15-30-23/h2-3,5-10,13-15H,4,11-12H2,1H3. The zero-order chi connectivity index (χ0) is 27.7. The average Bonchev–Trinajstić information content (AvgIpc) is 2.83. The molecule has 1 heterocycles. The van der Waals surface area contributed by atoms with Gasteiger partial charge in [0.2, 0.25) is 0 Å². The molecule has 0 amide bonds. The number of rotatable bonds is 8. The molecular weight excluding hydrogens is 548 g/mol. The van der Waals surface area contributed by atoms with Gasteiger partial charge in [0.05, 0.1) is 33.2 Å². The number of ether oxygens (including phenoxy) is 1. The predicted molar refractivity (Wildman–Crippen MR) is 133 cm³/mol. The van der Waals surface area contributed by atoms with Crippen LogP contribution < -0.4 is 4.74 Å². The van der Waals surface area contributed by atoms with Crippen molar-refractivity contribution in [2.24, 2.45) is 0 Å². The normalized spacial score (nSPS) is 12.6. The highest BCUT2D eigenvalue weighted by molar-refractivity contribution is 7.92. The van der Waals surface area contributed by atoms with Crippen LogP contribution >= 0.6 is 0 Å². The summed E-state index contributed by atoms with van der Waals surface area (Å²) in [5.74, 6) is -1.25. The first-order valence-electron chi connectivity index (χ1n) is 11.0. The molecule has 4 rings (SSSR count). The van der Waals surface area contributed by atoms with E-state index in [1.54, 1.807) is 0 Å². The van der Waals surface area contributed by atoms with Crippen molar-refractivity contribution in [3.05, 3.63) is 78.4 Å². The van der Waals surface area contributed by atoms with Gasteiger partial charge in [0.25, 0.3) is 0 Å². The van der Waals surface area contributed by atoms with Gasteiger partial charge in [-0.05, 0) is 48.9 Å². The van der Waals surface area contributed by atoms with Crippen LogP contribution in [0, 0.1) is 5.82 Å². The number of hydrogen-bond acceptors (Lipinski definition) is 7. The van der Waals surface area contributed by atoms with Crippen molar-refractivity contribution < 1.29 is 39.1 Å². The van der Waals surface area contributed by atoms with Crippen LogP contribution in [0.15, 0.2) is 71.9 Å². The van der Waals surface area contributed by atoms with E-state index < -0.39 is 37.2 Å². The molecule has 13 heteroatoms. The fourth-order valence-electron chi connectivity index (χ4n) is 3.78. The maximum Gasteiger partial charge on any atom is 0.418 e. The van der Waals surface area contributed by atoms with E-state index in [0.29, 0.717) is 0 Å². The second kappa shape index (κ2) is 10.3. The summed E-state index contributed by atoms with van der Waals surface area (Å²) >= 11 is 0. The van der Waals surface area contributed by atoms with Crippen molar-refractivity contribution in [3.63, 3.8) is 0 Å². The first-order chi connectivity index (χ1) is 17.7. The molecule has 0 aliphatic rings. The van der Waals surface area contributed by atoms with Gasteiger partial charge in [0, 0.05) is 17.2 Å². The Kier molecular flexibility index (Phi) is 7.44. The number of aromatic nitrogens is 2. The van der Waals surface area contributed by atoms with Gasteiger partial charge in [-0.15, -0.1) is 0 Å². The lowest BCUT2D eigenvalue weighted by Crippen LogP contribution is -2.12. The number of sulfone groups is 2. The number of para-hydroxylation sites is 1. The molecule has 0 unspecified atom stereocenters. The fourth-order valence-corrected chi connectivity index (χ4v) is 5.97. The summed E-state index contributed by atoms with van der Waals surface area (Å²) in [6.45, 7) is 0. The topological polar surface area (TPSA) is 103 Å². The van der Waals surface area contributed by atoms with Gasteiger partial charge in [-0.25, -0.2) is 31.2 Å². The lowest BCUT2D eigenvalue weighted by molar-refractivity contribution is -0.136. The van der Waals surface area contributed by atoms with E-state index in [1.807, 2.05) is 0 Å². The Morgan fingerprint density at radius 1 is 0.868 bits per heavy atom. The second-order valence-electron chi connectivity index (χ2n) is 8.44. The van der Waals surface area contributed by atoms with E-state index in [2.05, 4.69) is 9.97 Å². The first-order valence-corrected chi connectivity index (χ1v) is 14.8. The van der Waals surface area contributed by atoms with Gasteiger partial charge < -0.3 is 4.74 Å².